The van der Waals surface area contributed by atoms with E-state index in [9.17, 15) is 0 Å². The third kappa shape index (κ3) is 1.67. The van der Waals surface area contributed by atoms with Gasteiger partial charge in [0.2, 0.25) is 0 Å². The molecule has 0 saturated heterocycles. The summed E-state index contributed by atoms with van der Waals surface area (Å²) in [5.74, 6) is 1.08. The van der Waals surface area contributed by atoms with E-state index in [1.54, 1.807) is 0 Å². The highest BCUT2D eigenvalue weighted by Gasteiger charge is 2.22. The zero-order valence-corrected chi connectivity index (χ0v) is 9.00. The van der Waals surface area contributed by atoms with Crippen molar-refractivity contribution in [2.45, 2.75) is 27.4 Å². The average Bonchev–Trinajstić information content (AvgIpc) is 2.16. The highest BCUT2D eigenvalue weighted by Crippen LogP contribution is 2.33. The minimum atomic E-state index is 0.105. The second-order valence-corrected chi connectivity index (χ2v) is 4.75. The number of hydrogen-bond acceptors (Lipinski definition) is 1. The molecular formula is C13H16O. The maximum absolute atomic E-state index is 5.73. The molecule has 0 aliphatic carbocycles. The van der Waals surface area contributed by atoms with Crippen LogP contribution in [0.4, 0.5) is 0 Å². The van der Waals surface area contributed by atoms with Crippen LogP contribution in [0, 0.1) is 5.41 Å². The fraction of sp³-hybridized carbons (Fsp3) is 0.385. The number of allylic oxidation sites excluding steroid dienone is 1. The molecule has 2 rings (SSSR count). The van der Waals surface area contributed by atoms with Crippen molar-refractivity contribution in [2.75, 3.05) is 0 Å². The molecular weight excluding hydrogens is 172 g/mol. The predicted molar refractivity (Wildman–Crippen MR) is 58.7 cm³/mol. The topological polar surface area (TPSA) is 9.23 Å². The lowest BCUT2D eigenvalue weighted by Crippen LogP contribution is -2.15. The van der Waals surface area contributed by atoms with Gasteiger partial charge in [-0.15, -0.1) is 0 Å². The van der Waals surface area contributed by atoms with Gasteiger partial charge >= 0.3 is 0 Å². The molecule has 1 aliphatic rings. The molecule has 74 valence electrons. The van der Waals surface area contributed by atoms with Crippen LogP contribution in [-0.4, -0.2) is 0 Å². The van der Waals surface area contributed by atoms with E-state index in [2.05, 4.69) is 51.1 Å². The van der Waals surface area contributed by atoms with Crippen LogP contribution in [0.1, 0.15) is 31.9 Å². The fourth-order valence-electron chi connectivity index (χ4n) is 1.58. The Morgan fingerprint density at radius 2 is 1.86 bits per heavy atom. The first-order valence-corrected chi connectivity index (χ1v) is 5.00. The largest absolute Gasteiger partial charge is 0.493 e. The molecule has 1 aliphatic heterocycles. The van der Waals surface area contributed by atoms with Gasteiger partial charge in [-0.05, 0) is 17.2 Å². The van der Waals surface area contributed by atoms with Crippen LogP contribution < -0.4 is 0 Å². The summed E-state index contributed by atoms with van der Waals surface area (Å²) in [7, 11) is 0. The molecule has 1 aromatic rings. The van der Waals surface area contributed by atoms with E-state index < -0.39 is 0 Å². The SMILES string of the molecule is CC(C)(C)C1=Cc2ccccc2CO1. The zero-order chi connectivity index (χ0) is 10.2. The van der Waals surface area contributed by atoms with E-state index in [4.69, 9.17) is 4.74 Å². The van der Waals surface area contributed by atoms with Gasteiger partial charge in [0.1, 0.15) is 12.4 Å². The Morgan fingerprint density at radius 1 is 1.14 bits per heavy atom. The van der Waals surface area contributed by atoms with Crippen molar-refractivity contribution in [1.29, 1.82) is 0 Å². The predicted octanol–water partition coefficient (Wildman–Crippen LogP) is 3.60. The van der Waals surface area contributed by atoms with Gasteiger partial charge in [-0.3, -0.25) is 0 Å². The summed E-state index contributed by atoms with van der Waals surface area (Å²) in [6.07, 6.45) is 2.15. The Hall–Kier alpha value is -1.24. The number of fused-ring (bicyclic) bond motifs is 1. The fourth-order valence-corrected chi connectivity index (χ4v) is 1.58. The first-order valence-electron chi connectivity index (χ1n) is 5.00. The molecule has 1 heteroatoms. The van der Waals surface area contributed by atoms with Gasteiger partial charge in [-0.2, -0.15) is 0 Å². The molecule has 14 heavy (non-hydrogen) atoms. The molecule has 0 radical (unpaired) electrons. The Balaban J connectivity index is 2.41. The molecule has 0 aromatic heterocycles. The summed E-state index contributed by atoms with van der Waals surface area (Å²) < 4.78 is 5.73. The third-order valence-corrected chi connectivity index (χ3v) is 2.46. The Kier molecular flexibility index (Phi) is 2.10. The molecule has 0 spiro atoms. The van der Waals surface area contributed by atoms with Gasteiger partial charge in [0.05, 0.1) is 0 Å². The molecule has 1 aromatic carbocycles. The smallest absolute Gasteiger partial charge is 0.113 e. The molecule has 0 saturated carbocycles. The molecule has 1 nitrogen and oxygen atoms in total. The van der Waals surface area contributed by atoms with Gasteiger partial charge in [-0.25, -0.2) is 0 Å². The average molecular weight is 188 g/mol. The Bertz CT molecular complexity index is 369. The van der Waals surface area contributed by atoms with Crippen molar-refractivity contribution in [3.8, 4) is 0 Å². The van der Waals surface area contributed by atoms with Gasteiger partial charge < -0.3 is 4.74 Å². The van der Waals surface area contributed by atoms with Crippen molar-refractivity contribution in [2.24, 2.45) is 5.41 Å². The quantitative estimate of drug-likeness (QED) is 0.604. The minimum absolute atomic E-state index is 0.105. The van der Waals surface area contributed by atoms with Crippen LogP contribution in [0.15, 0.2) is 30.0 Å². The Morgan fingerprint density at radius 3 is 2.57 bits per heavy atom. The van der Waals surface area contributed by atoms with Crippen LogP contribution in [0.5, 0.6) is 0 Å². The summed E-state index contributed by atoms with van der Waals surface area (Å²) in [4.78, 5) is 0. The summed E-state index contributed by atoms with van der Waals surface area (Å²) in [6.45, 7) is 7.23. The third-order valence-electron chi connectivity index (χ3n) is 2.46. The molecule has 0 fully saturated rings. The lowest BCUT2D eigenvalue weighted by atomic mass is 9.90. The number of ether oxygens (including phenoxy) is 1. The molecule has 0 unspecified atom stereocenters. The van der Waals surface area contributed by atoms with E-state index in [0.29, 0.717) is 6.61 Å². The number of hydrogen-bond donors (Lipinski definition) is 0. The molecule has 1 heterocycles. The van der Waals surface area contributed by atoms with Crippen molar-refractivity contribution in [1.82, 2.24) is 0 Å². The molecule has 0 N–H and O–H groups in total. The van der Waals surface area contributed by atoms with Crippen molar-refractivity contribution in [3.63, 3.8) is 0 Å². The second-order valence-electron chi connectivity index (χ2n) is 4.75. The van der Waals surface area contributed by atoms with E-state index >= 15 is 0 Å². The Labute approximate surface area is 85.4 Å². The van der Waals surface area contributed by atoms with E-state index in [1.165, 1.54) is 11.1 Å². The van der Waals surface area contributed by atoms with Crippen LogP contribution in [0.3, 0.4) is 0 Å². The van der Waals surface area contributed by atoms with Crippen molar-refractivity contribution < 1.29 is 4.74 Å². The van der Waals surface area contributed by atoms with Gasteiger partial charge in [0, 0.05) is 5.41 Å². The summed E-state index contributed by atoms with van der Waals surface area (Å²) >= 11 is 0. The lowest BCUT2D eigenvalue weighted by Gasteiger charge is -2.27. The van der Waals surface area contributed by atoms with Crippen molar-refractivity contribution >= 4 is 6.08 Å². The minimum Gasteiger partial charge on any atom is -0.493 e. The molecule has 0 amide bonds. The van der Waals surface area contributed by atoms with Crippen LogP contribution in [0.25, 0.3) is 6.08 Å². The maximum Gasteiger partial charge on any atom is 0.113 e. The van der Waals surface area contributed by atoms with E-state index in [0.717, 1.165) is 5.76 Å². The van der Waals surface area contributed by atoms with Crippen LogP contribution in [-0.2, 0) is 11.3 Å². The molecule has 0 atom stereocenters. The van der Waals surface area contributed by atoms with Gasteiger partial charge in [0.25, 0.3) is 0 Å². The zero-order valence-electron chi connectivity index (χ0n) is 9.00. The second kappa shape index (κ2) is 3.16. The summed E-state index contributed by atoms with van der Waals surface area (Å²) in [5.41, 5.74) is 2.68. The van der Waals surface area contributed by atoms with Crippen LogP contribution >= 0.6 is 0 Å². The highest BCUT2D eigenvalue weighted by atomic mass is 16.5. The van der Waals surface area contributed by atoms with Gasteiger partial charge in [-0.1, -0.05) is 45.0 Å². The summed E-state index contributed by atoms with van der Waals surface area (Å²) in [6, 6.07) is 8.38. The number of benzene rings is 1. The maximum atomic E-state index is 5.73. The van der Waals surface area contributed by atoms with E-state index in [-0.39, 0.29) is 5.41 Å². The standard InChI is InChI=1S/C13H16O/c1-13(2,3)12-8-10-6-4-5-7-11(10)9-14-12/h4-8H,9H2,1-3H3. The first kappa shape index (κ1) is 9.32. The van der Waals surface area contributed by atoms with Gasteiger partial charge in [0.15, 0.2) is 0 Å². The number of rotatable bonds is 0. The highest BCUT2D eigenvalue weighted by molar-refractivity contribution is 5.57. The summed E-state index contributed by atoms with van der Waals surface area (Å²) in [5, 5.41) is 0. The first-order chi connectivity index (χ1) is 6.57. The molecule has 0 bridgehead atoms. The lowest BCUT2D eigenvalue weighted by molar-refractivity contribution is 0.139. The van der Waals surface area contributed by atoms with Crippen molar-refractivity contribution in [3.05, 3.63) is 41.2 Å². The van der Waals surface area contributed by atoms with E-state index in [1.807, 2.05) is 0 Å². The monoisotopic (exact) mass is 188 g/mol. The van der Waals surface area contributed by atoms with Crippen LogP contribution in [0.2, 0.25) is 0 Å². The normalized spacial score (nSPS) is 15.5.